The summed E-state index contributed by atoms with van der Waals surface area (Å²) in [5, 5.41) is 5.72. The van der Waals surface area contributed by atoms with Crippen LogP contribution in [0.3, 0.4) is 0 Å². The largest absolute Gasteiger partial charge is 0.573 e. The van der Waals surface area contributed by atoms with Gasteiger partial charge < -0.3 is 25.3 Å². The van der Waals surface area contributed by atoms with E-state index in [-0.39, 0.29) is 5.69 Å². The molecule has 3 heterocycles. The smallest absolute Gasteiger partial charge is 0.404 e. The van der Waals surface area contributed by atoms with Crippen LogP contribution in [-0.4, -0.2) is 28.9 Å². The van der Waals surface area contributed by atoms with Gasteiger partial charge in [0.1, 0.15) is 5.65 Å². The van der Waals surface area contributed by atoms with Crippen molar-refractivity contribution in [2.24, 2.45) is 0 Å². The summed E-state index contributed by atoms with van der Waals surface area (Å²) in [4.78, 5) is 21.5. The lowest BCUT2D eigenvalue weighted by Gasteiger charge is -2.20. The highest BCUT2D eigenvalue weighted by Gasteiger charge is 2.32. The van der Waals surface area contributed by atoms with E-state index in [0.29, 0.717) is 40.9 Å². The highest BCUT2D eigenvalue weighted by Crippen LogP contribution is 2.36. The van der Waals surface area contributed by atoms with Gasteiger partial charge in [0.15, 0.2) is 5.75 Å². The van der Waals surface area contributed by atoms with Crippen molar-refractivity contribution < 1.29 is 25.4 Å². The number of halogens is 3. The van der Waals surface area contributed by atoms with Crippen molar-refractivity contribution in [3.05, 3.63) is 78.1 Å². The first-order valence-corrected chi connectivity index (χ1v) is 10.4. The minimum atomic E-state index is -4.90. The fourth-order valence-corrected chi connectivity index (χ4v) is 3.93. The van der Waals surface area contributed by atoms with Crippen LogP contribution in [0.2, 0.25) is 0 Å². The summed E-state index contributed by atoms with van der Waals surface area (Å²) in [5.74, 6) is -0.536. The summed E-state index contributed by atoms with van der Waals surface area (Å²) in [7, 11) is 0. The van der Waals surface area contributed by atoms with Crippen LogP contribution in [0.25, 0.3) is 11.0 Å². The third kappa shape index (κ3) is 4.47. The second kappa shape index (κ2) is 8.62. The summed E-state index contributed by atoms with van der Waals surface area (Å²) in [6.45, 7) is -1.51. The molecule has 0 fully saturated rings. The minimum absolute atomic E-state index is 0.147. The normalized spacial score (nSPS) is 14.4. The second-order valence-electron chi connectivity index (χ2n) is 7.54. The Kier molecular flexibility index (Phi) is 4.89. The van der Waals surface area contributed by atoms with Gasteiger partial charge in [-0.25, -0.2) is 9.78 Å². The average molecular weight is 469 g/mol. The van der Waals surface area contributed by atoms with Gasteiger partial charge in [0.25, 0.3) is 0 Å². The number of alkyl halides is 3. The zero-order valence-corrected chi connectivity index (χ0v) is 17.6. The lowest BCUT2D eigenvalue weighted by atomic mass is 10.1. The number of rotatable bonds is 5. The molecular weight excluding hydrogens is 447 g/mol. The maximum atomic E-state index is 12.7. The zero-order valence-electron chi connectivity index (χ0n) is 19.6. The summed E-state index contributed by atoms with van der Waals surface area (Å²) in [6, 6.07) is 13.0. The first-order chi connectivity index (χ1) is 17.1. The molecular formula is C24H20F3N5O2. The van der Waals surface area contributed by atoms with Gasteiger partial charge in [-0.05, 0) is 48.4 Å². The molecule has 0 unspecified atom stereocenters. The van der Waals surface area contributed by atoms with Gasteiger partial charge in [0, 0.05) is 47.8 Å². The number of pyridine rings is 1. The van der Waals surface area contributed by atoms with E-state index < -0.39 is 24.6 Å². The van der Waals surface area contributed by atoms with Crippen molar-refractivity contribution in [1.82, 2.24) is 9.97 Å². The van der Waals surface area contributed by atoms with Gasteiger partial charge in [-0.1, -0.05) is 18.2 Å². The predicted octanol–water partition coefficient (Wildman–Crippen LogP) is 5.67. The number of anilines is 3. The molecule has 0 aliphatic carbocycles. The first-order valence-electron chi connectivity index (χ1n) is 11.4. The number of benzene rings is 2. The van der Waals surface area contributed by atoms with Crippen molar-refractivity contribution in [2.45, 2.75) is 19.3 Å². The second-order valence-corrected chi connectivity index (χ2v) is 7.54. The maximum absolute atomic E-state index is 12.7. The molecule has 2 amide bonds. The van der Waals surface area contributed by atoms with E-state index in [0.717, 1.165) is 11.6 Å². The average Bonchev–Trinajstić information content (AvgIpc) is 3.47. The highest BCUT2D eigenvalue weighted by molar-refractivity contribution is 6.01. The van der Waals surface area contributed by atoms with Crippen LogP contribution >= 0.6 is 0 Å². The standard InChI is InChI=1S/C24H20F3N5O2/c25-24(26,27)34-21-7-2-1-4-19(21)31-23(33)30-18-5-3-6-20-17(18)10-13-32(20)14-15-8-11-28-22-16(15)9-12-29-22/h1-9,11-12H,10,13-14H2,(H,28,29)(H2,30,31,33)/i14D2. The number of hydrogen-bond acceptors (Lipinski definition) is 4. The Hall–Kier alpha value is -4.21. The molecule has 3 N–H and O–H groups in total. The van der Waals surface area contributed by atoms with Crippen LogP contribution in [0.4, 0.5) is 35.0 Å². The van der Waals surface area contributed by atoms with Crippen molar-refractivity contribution >= 4 is 34.1 Å². The molecule has 0 saturated carbocycles. The van der Waals surface area contributed by atoms with Gasteiger partial charge in [-0.2, -0.15) is 0 Å². The number of aromatic amines is 1. The Balaban J connectivity index is 1.39. The predicted molar refractivity (Wildman–Crippen MR) is 123 cm³/mol. The van der Waals surface area contributed by atoms with Gasteiger partial charge in [0.2, 0.25) is 0 Å². The molecule has 174 valence electrons. The van der Waals surface area contributed by atoms with E-state index in [1.165, 1.54) is 18.2 Å². The number of nitrogens with zero attached hydrogens (tertiary/aromatic N) is 2. The number of ether oxygens (including phenoxy) is 1. The Labute approximate surface area is 195 Å². The molecule has 0 bridgehead atoms. The third-order valence-corrected chi connectivity index (χ3v) is 5.35. The first kappa shape index (κ1) is 19.3. The van der Waals surface area contributed by atoms with Gasteiger partial charge in [0.05, 0.1) is 8.43 Å². The van der Waals surface area contributed by atoms with E-state index in [4.69, 9.17) is 2.74 Å². The molecule has 7 nitrogen and oxygen atoms in total. The quantitative estimate of drug-likeness (QED) is 0.352. The van der Waals surface area contributed by atoms with Gasteiger partial charge in [-0.15, -0.1) is 13.2 Å². The number of carbonyl (C=O) groups is 1. The van der Waals surface area contributed by atoms with Crippen molar-refractivity contribution in [1.29, 1.82) is 0 Å². The lowest BCUT2D eigenvalue weighted by molar-refractivity contribution is -0.274. The van der Waals surface area contributed by atoms with E-state index in [9.17, 15) is 18.0 Å². The Bertz CT molecular complexity index is 1440. The van der Waals surface area contributed by atoms with E-state index in [1.807, 2.05) is 0 Å². The van der Waals surface area contributed by atoms with Crippen LogP contribution in [-0.2, 0) is 12.9 Å². The molecule has 0 saturated heterocycles. The molecule has 0 atom stereocenters. The number of nitrogens with one attached hydrogen (secondary N) is 3. The highest BCUT2D eigenvalue weighted by atomic mass is 19.4. The fourth-order valence-electron chi connectivity index (χ4n) is 3.93. The third-order valence-electron chi connectivity index (χ3n) is 5.35. The SMILES string of the molecule is [2H]C([2H])(c1ccnc2[nH]ccc12)N1CCc2c(NC(=O)Nc3ccccc3OC(F)(F)F)cccc21. The number of amides is 2. The van der Waals surface area contributed by atoms with Crippen LogP contribution in [0.15, 0.2) is 67.0 Å². The van der Waals surface area contributed by atoms with Crippen molar-refractivity contribution in [3.63, 3.8) is 0 Å². The van der Waals surface area contributed by atoms with Crippen LogP contribution in [0, 0.1) is 0 Å². The fraction of sp³-hybridized carbons (Fsp3) is 0.167. The summed E-state index contributed by atoms with van der Waals surface area (Å²) in [6.07, 6.45) is -1.20. The molecule has 2 aromatic heterocycles. The van der Waals surface area contributed by atoms with Gasteiger partial charge >= 0.3 is 12.4 Å². The Morgan fingerprint density at radius 2 is 1.91 bits per heavy atom. The molecule has 0 spiro atoms. The van der Waals surface area contributed by atoms with Gasteiger partial charge in [-0.3, -0.25) is 0 Å². The molecule has 2 aromatic carbocycles. The number of fused-ring (bicyclic) bond motifs is 2. The Morgan fingerprint density at radius 3 is 2.76 bits per heavy atom. The lowest BCUT2D eigenvalue weighted by Crippen LogP contribution is -2.22. The molecule has 1 aliphatic rings. The molecule has 34 heavy (non-hydrogen) atoms. The number of hydrogen-bond donors (Lipinski definition) is 3. The van der Waals surface area contributed by atoms with E-state index >= 15 is 0 Å². The zero-order chi connectivity index (χ0) is 25.5. The van der Waals surface area contributed by atoms with Crippen LogP contribution in [0.5, 0.6) is 5.75 Å². The van der Waals surface area contributed by atoms with Crippen LogP contribution < -0.4 is 20.3 Å². The molecule has 0 radical (unpaired) electrons. The number of carbonyl (C=O) groups excluding carboxylic acids is 1. The summed E-state index contributed by atoms with van der Waals surface area (Å²) < 4.78 is 59.9. The molecule has 10 heteroatoms. The number of H-pyrrole nitrogens is 1. The number of para-hydroxylation sites is 2. The van der Waals surface area contributed by atoms with Crippen molar-refractivity contribution in [2.75, 3.05) is 22.1 Å². The minimum Gasteiger partial charge on any atom is -0.404 e. The summed E-state index contributed by atoms with van der Waals surface area (Å²) in [5.41, 5.74) is 2.65. The maximum Gasteiger partial charge on any atom is 0.573 e. The summed E-state index contributed by atoms with van der Waals surface area (Å²) >= 11 is 0. The molecule has 4 aromatic rings. The Morgan fingerprint density at radius 1 is 1.12 bits per heavy atom. The molecule has 1 aliphatic heterocycles. The molecule has 5 rings (SSSR count). The van der Waals surface area contributed by atoms with E-state index in [1.54, 1.807) is 47.6 Å². The number of aromatic nitrogens is 2. The monoisotopic (exact) mass is 469 g/mol. The number of urea groups is 1. The van der Waals surface area contributed by atoms with Crippen LogP contribution in [0.1, 0.15) is 13.9 Å². The van der Waals surface area contributed by atoms with E-state index in [2.05, 4.69) is 25.3 Å². The topological polar surface area (TPSA) is 82.3 Å². The van der Waals surface area contributed by atoms with Crippen molar-refractivity contribution in [3.8, 4) is 5.75 Å².